The van der Waals surface area contributed by atoms with Crippen LogP contribution in [0.15, 0.2) is 40.9 Å². The van der Waals surface area contributed by atoms with E-state index in [9.17, 15) is 0 Å². The largest absolute Gasteiger partial charge is 0.497 e. The van der Waals surface area contributed by atoms with Crippen molar-refractivity contribution in [3.63, 3.8) is 0 Å². The molecule has 5 heteroatoms. The summed E-state index contributed by atoms with van der Waals surface area (Å²) in [5.41, 5.74) is 8.47. The minimum Gasteiger partial charge on any atom is -0.497 e. The number of benzene rings is 2. The average Bonchev–Trinajstić information content (AvgIpc) is 2.36. The summed E-state index contributed by atoms with van der Waals surface area (Å²) in [5.74, 6) is 0.750. The summed E-state index contributed by atoms with van der Waals surface area (Å²) < 4.78 is 7.28. The molecule has 0 heterocycles. The third-order valence-electron chi connectivity index (χ3n) is 2.46. The first-order valence-electron chi connectivity index (χ1n) is 5.26. The molecule has 0 fully saturated rings. The molecule has 0 saturated carbocycles. The van der Waals surface area contributed by atoms with Gasteiger partial charge in [0.2, 0.25) is 0 Å². The highest BCUT2D eigenvalue weighted by molar-refractivity contribution is 14.1. The van der Waals surface area contributed by atoms with E-state index in [0.717, 1.165) is 25.2 Å². The molecule has 0 aliphatic carbocycles. The van der Waals surface area contributed by atoms with E-state index in [2.05, 4.69) is 43.8 Å². The number of halogens is 2. The number of ether oxygens (including phenoxy) is 1. The highest BCUT2D eigenvalue weighted by Crippen LogP contribution is 2.31. The SMILES string of the molecule is COc1ccc(Nc2cc(I)ccc2Br)c(N)c1. The molecule has 94 valence electrons. The quantitative estimate of drug-likeness (QED) is 0.574. The first-order valence-corrected chi connectivity index (χ1v) is 7.13. The van der Waals surface area contributed by atoms with Gasteiger partial charge in [0.25, 0.3) is 0 Å². The van der Waals surface area contributed by atoms with E-state index in [1.807, 2.05) is 30.3 Å². The van der Waals surface area contributed by atoms with Crippen LogP contribution in [-0.2, 0) is 0 Å². The summed E-state index contributed by atoms with van der Waals surface area (Å²) in [6.45, 7) is 0. The first-order chi connectivity index (χ1) is 8.60. The zero-order chi connectivity index (χ0) is 13.1. The van der Waals surface area contributed by atoms with Crippen LogP contribution in [-0.4, -0.2) is 7.11 Å². The minimum absolute atomic E-state index is 0.653. The van der Waals surface area contributed by atoms with Gasteiger partial charge in [0.15, 0.2) is 0 Å². The van der Waals surface area contributed by atoms with E-state index in [4.69, 9.17) is 10.5 Å². The van der Waals surface area contributed by atoms with Gasteiger partial charge in [0.05, 0.1) is 24.2 Å². The second-order valence-electron chi connectivity index (χ2n) is 3.70. The van der Waals surface area contributed by atoms with E-state index in [0.29, 0.717) is 5.69 Å². The van der Waals surface area contributed by atoms with Crippen LogP contribution in [0.25, 0.3) is 0 Å². The Morgan fingerprint density at radius 3 is 2.61 bits per heavy atom. The number of rotatable bonds is 3. The number of methoxy groups -OCH3 is 1. The molecule has 0 amide bonds. The summed E-state index contributed by atoms with van der Waals surface area (Å²) in [6.07, 6.45) is 0. The highest BCUT2D eigenvalue weighted by atomic mass is 127. The molecule has 2 aromatic carbocycles. The molecule has 3 nitrogen and oxygen atoms in total. The fraction of sp³-hybridized carbons (Fsp3) is 0.0769. The molecule has 0 unspecified atom stereocenters. The third kappa shape index (κ3) is 3.08. The van der Waals surface area contributed by atoms with Crippen molar-refractivity contribution in [1.29, 1.82) is 0 Å². The summed E-state index contributed by atoms with van der Waals surface area (Å²) in [5, 5.41) is 3.30. The number of anilines is 3. The van der Waals surface area contributed by atoms with Crippen molar-refractivity contribution in [2.24, 2.45) is 0 Å². The molecule has 0 radical (unpaired) electrons. The molecule has 3 N–H and O–H groups in total. The van der Waals surface area contributed by atoms with Crippen LogP contribution in [0, 0.1) is 3.57 Å². The van der Waals surface area contributed by atoms with Crippen LogP contribution in [0.1, 0.15) is 0 Å². The topological polar surface area (TPSA) is 47.3 Å². The van der Waals surface area contributed by atoms with Crippen molar-refractivity contribution >= 4 is 55.6 Å². The molecule has 0 aromatic heterocycles. The zero-order valence-corrected chi connectivity index (χ0v) is 13.4. The van der Waals surface area contributed by atoms with Crippen LogP contribution in [0.2, 0.25) is 0 Å². The fourth-order valence-electron chi connectivity index (χ4n) is 1.52. The minimum atomic E-state index is 0.653. The maximum Gasteiger partial charge on any atom is 0.121 e. The average molecular weight is 419 g/mol. The molecular formula is C13H12BrIN2O. The van der Waals surface area contributed by atoms with Crippen molar-refractivity contribution in [2.75, 3.05) is 18.2 Å². The molecule has 0 aliphatic heterocycles. The van der Waals surface area contributed by atoms with Crippen LogP contribution in [0.3, 0.4) is 0 Å². The molecule has 0 aliphatic rings. The van der Waals surface area contributed by atoms with Crippen molar-refractivity contribution in [3.8, 4) is 5.75 Å². The standard InChI is InChI=1S/C13H12BrIN2O/c1-18-9-3-5-12(11(16)7-9)17-13-6-8(15)2-4-10(13)14/h2-7,17H,16H2,1H3. The van der Waals surface area contributed by atoms with E-state index in [-0.39, 0.29) is 0 Å². The molecule has 0 bridgehead atoms. The van der Waals surface area contributed by atoms with Gasteiger partial charge in [-0.15, -0.1) is 0 Å². The van der Waals surface area contributed by atoms with E-state index in [1.54, 1.807) is 13.2 Å². The fourth-order valence-corrected chi connectivity index (χ4v) is 2.36. The lowest BCUT2D eigenvalue weighted by molar-refractivity contribution is 0.415. The maximum absolute atomic E-state index is 5.97. The summed E-state index contributed by atoms with van der Waals surface area (Å²) in [4.78, 5) is 0. The number of hydrogen-bond acceptors (Lipinski definition) is 3. The van der Waals surface area contributed by atoms with Gasteiger partial charge in [-0.1, -0.05) is 0 Å². The van der Waals surface area contributed by atoms with E-state index >= 15 is 0 Å². The molecule has 2 rings (SSSR count). The summed E-state index contributed by atoms with van der Waals surface area (Å²) in [7, 11) is 1.62. The lowest BCUT2D eigenvalue weighted by atomic mass is 10.2. The monoisotopic (exact) mass is 418 g/mol. The van der Waals surface area contributed by atoms with Crippen molar-refractivity contribution in [3.05, 3.63) is 44.4 Å². The van der Waals surface area contributed by atoms with Crippen LogP contribution in [0.5, 0.6) is 5.75 Å². The Balaban J connectivity index is 2.31. The van der Waals surface area contributed by atoms with Gasteiger partial charge in [-0.3, -0.25) is 0 Å². The smallest absolute Gasteiger partial charge is 0.121 e. The number of nitrogens with two attached hydrogens (primary N) is 1. The molecule has 0 spiro atoms. The third-order valence-corrected chi connectivity index (χ3v) is 3.82. The van der Waals surface area contributed by atoms with E-state index < -0.39 is 0 Å². The Kier molecular flexibility index (Phi) is 4.34. The number of nitrogens with one attached hydrogen (secondary N) is 1. The molecule has 18 heavy (non-hydrogen) atoms. The van der Waals surface area contributed by atoms with Crippen LogP contribution in [0.4, 0.5) is 17.1 Å². The predicted octanol–water partition coefficient (Wildman–Crippen LogP) is 4.39. The lowest BCUT2D eigenvalue weighted by Crippen LogP contribution is -1.98. The first kappa shape index (κ1) is 13.5. The Labute approximate surface area is 128 Å². The van der Waals surface area contributed by atoms with Crippen LogP contribution >= 0.6 is 38.5 Å². The number of nitrogen functional groups attached to an aromatic ring is 1. The molecule has 0 atom stereocenters. The zero-order valence-electron chi connectivity index (χ0n) is 9.71. The Hall–Kier alpha value is -0.950. The van der Waals surface area contributed by atoms with Gasteiger partial charge < -0.3 is 15.8 Å². The molecule has 0 saturated heterocycles. The predicted molar refractivity (Wildman–Crippen MR) is 87.5 cm³/mol. The second kappa shape index (κ2) is 5.79. The van der Waals surface area contributed by atoms with Gasteiger partial charge >= 0.3 is 0 Å². The molecule has 2 aromatic rings. The Morgan fingerprint density at radius 1 is 1.17 bits per heavy atom. The molecular weight excluding hydrogens is 407 g/mol. The highest BCUT2D eigenvalue weighted by Gasteiger charge is 2.05. The second-order valence-corrected chi connectivity index (χ2v) is 5.80. The van der Waals surface area contributed by atoms with Crippen LogP contribution < -0.4 is 15.8 Å². The lowest BCUT2D eigenvalue weighted by Gasteiger charge is -2.12. The van der Waals surface area contributed by atoms with Gasteiger partial charge in [0, 0.05) is 14.1 Å². The van der Waals surface area contributed by atoms with E-state index in [1.165, 1.54) is 0 Å². The van der Waals surface area contributed by atoms with Gasteiger partial charge in [-0.25, -0.2) is 0 Å². The summed E-state index contributed by atoms with van der Waals surface area (Å²) in [6, 6.07) is 11.7. The normalized spacial score (nSPS) is 10.2. The van der Waals surface area contributed by atoms with Crippen molar-refractivity contribution in [2.45, 2.75) is 0 Å². The summed E-state index contributed by atoms with van der Waals surface area (Å²) >= 11 is 5.78. The van der Waals surface area contributed by atoms with Gasteiger partial charge in [-0.2, -0.15) is 0 Å². The Morgan fingerprint density at radius 2 is 1.94 bits per heavy atom. The van der Waals surface area contributed by atoms with Gasteiger partial charge in [-0.05, 0) is 68.9 Å². The van der Waals surface area contributed by atoms with Gasteiger partial charge in [0.1, 0.15) is 5.75 Å². The number of hydrogen-bond donors (Lipinski definition) is 2. The Bertz CT molecular complexity index is 575. The van der Waals surface area contributed by atoms with Crippen molar-refractivity contribution in [1.82, 2.24) is 0 Å². The maximum atomic E-state index is 5.97. The van der Waals surface area contributed by atoms with Crippen molar-refractivity contribution < 1.29 is 4.74 Å².